The second-order valence-electron chi connectivity index (χ2n) is 7.70. The molecular weight excluding hydrogens is 488 g/mol. The van der Waals surface area contributed by atoms with Crippen LogP contribution in [0.2, 0.25) is 0 Å². The number of esters is 1. The van der Waals surface area contributed by atoms with Gasteiger partial charge < -0.3 is 9.47 Å². The van der Waals surface area contributed by atoms with E-state index in [-0.39, 0.29) is 40.7 Å². The fraction of sp³-hybridized carbons (Fsp3) is 0.217. The molecule has 192 valence electrons. The van der Waals surface area contributed by atoms with E-state index in [4.69, 9.17) is 9.47 Å². The van der Waals surface area contributed by atoms with Gasteiger partial charge in [0.1, 0.15) is 23.5 Å². The fourth-order valence-electron chi connectivity index (χ4n) is 3.43. The minimum atomic E-state index is -0.930. The van der Waals surface area contributed by atoms with Crippen LogP contribution in [0, 0.1) is 34.1 Å². The normalized spacial score (nSPS) is 11.1. The van der Waals surface area contributed by atoms with Crippen molar-refractivity contribution >= 4 is 29.0 Å². The van der Waals surface area contributed by atoms with Crippen molar-refractivity contribution in [1.29, 1.82) is 0 Å². The number of hydrogen-bond acceptors (Lipinski definition) is 10. The highest BCUT2D eigenvalue weighted by molar-refractivity contribution is 6.00. The van der Waals surface area contributed by atoms with Crippen LogP contribution in [0.15, 0.2) is 47.6 Å². The van der Waals surface area contributed by atoms with E-state index in [9.17, 15) is 29.8 Å². The number of ether oxygens (including phenoxy) is 2. The van der Waals surface area contributed by atoms with Crippen molar-refractivity contribution in [2.24, 2.45) is 5.10 Å². The number of para-hydroxylation sites is 1. The maximum absolute atomic E-state index is 12.5. The van der Waals surface area contributed by atoms with Gasteiger partial charge in [0.25, 0.3) is 11.6 Å². The van der Waals surface area contributed by atoms with E-state index in [0.29, 0.717) is 11.3 Å². The first-order chi connectivity index (χ1) is 17.5. The molecule has 1 amide bonds. The van der Waals surface area contributed by atoms with Gasteiger partial charge in [-0.05, 0) is 45.0 Å². The molecule has 0 spiro atoms. The summed E-state index contributed by atoms with van der Waals surface area (Å²) in [5.41, 5.74) is 2.95. The molecule has 0 saturated carbocycles. The van der Waals surface area contributed by atoms with Gasteiger partial charge in [-0.1, -0.05) is 12.1 Å². The Hall–Kier alpha value is -5.14. The number of rotatable bonds is 9. The molecule has 0 aliphatic rings. The molecule has 0 aliphatic carbocycles. The van der Waals surface area contributed by atoms with Gasteiger partial charge in [-0.3, -0.25) is 29.7 Å². The highest BCUT2D eigenvalue weighted by atomic mass is 16.6. The zero-order valence-electron chi connectivity index (χ0n) is 20.3. The molecule has 0 unspecified atom stereocenters. The Kier molecular flexibility index (Phi) is 7.92. The zero-order valence-corrected chi connectivity index (χ0v) is 20.3. The number of nitro groups is 2. The monoisotopic (exact) mass is 510 g/mol. The predicted octanol–water partition coefficient (Wildman–Crippen LogP) is 3.08. The summed E-state index contributed by atoms with van der Waals surface area (Å²) in [7, 11) is 1.35. The number of hydrazone groups is 1. The van der Waals surface area contributed by atoms with E-state index < -0.39 is 27.4 Å². The zero-order chi connectivity index (χ0) is 27.3. The van der Waals surface area contributed by atoms with Crippen molar-refractivity contribution < 1.29 is 28.9 Å². The first-order valence-electron chi connectivity index (χ1n) is 10.7. The van der Waals surface area contributed by atoms with Crippen molar-refractivity contribution in [3.8, 4) is 11.5 Å². The summed E-state index contributed by atoms with van der Waals surface area (Å²) in [6, 6.07) is 9.89. The molecule has 0 aliphatic heterocycles. The number of aryl methyl sites for hydroxylation is 1. The molecule has 1 N–H and O–H groups in total. The number of aromatic nitrogens is 2. The van der Waals surface area contributed by atoms with Crippen LogP contribution in [0.4, 0.5) is 11.4 Å². The Labute approximate surface area is 209 Å². The first-order valence-corrected chi connectivity index (χ1v) is 10.7. The summed E-state index contributed by atoms with van der Waals surface area (Å²) in [5, 5.41) is 30.4. The molecule has 2 aromatic carbocycles. The van der Waals surface area contributed by atoms with E-state index in [2.05, 4.69) is 15.6 Å². The van der Waals surface area contributed by atoms with Gasteiger partial charge in [0, 0.05) is 11.6 Å². The molecule has 0 radical (unpaired) electrons. The number of carbonyl (C=O) groups excluding carboxylic acids is 2. The molecule has 14 heteroatoms. The average Bonchev–Trinajstić information content (AvgIpc) is 3.14. The van der Waals surface area contributed by atoms with Crippen LogP contribution in [0.25, 0.3) is 0 Å². The number of benzene rings is 2. The van der Waals surface area contributed by atoms with Crippen LogP contribution in [-0.4, -0.2) is 44.3 Å². The number of nitro benzene ring substituents is 1. The molecule has 0 bridgehead atoms. The van der Waals surface area contributed by atoms with Crippen molar-refractivity contribution in [2.75, 3.05) is 7.11 Å². The van der Waals surface area contributed by atoms with Gasteiger partial charge in [-0.2, -0.15) is 10.2 Å². The van der Waals surface area contributed by atoms with E-state index in [0.717, 1.165) is 0 Å². The van der Waals surface area contributed by atoms with Crippen molar-refractivity contribution in [3.05, 3.63) is 85.2 Å². The third-order valence-electron chi connectivity index (χ3n) is 5.27. The summed E-state index contributed by atoms with van der Waals surface area (Å²) in [6.45, 7) is 4.32. The average molecular weight is 510 g/mol. The SMILES string of the molecule is COc1cc(/C(C)=N/NC(=O)Cn2nc(C)c([N+](=O)[O-])c2C)ccc1OC(=O)c1ccccc1[N+](=O)[O-]. The molecule has 0 atom stereocenters. The van der Waals surface area contributed by atoms with Gasteiger partial charge in [0.05, 0.1) is 22.7 Å². The summed E-state index contributed by atoms with van der Waals surface area (Å²) >= 11 is 0. The summed E-state index contributed by atoms with van der Waals surface area (Å²) in [6.07, 6.45) is 0. The number of hydrogen-bond donors (Lipinski definition) is 1. The Morgan fingerprint density at radius 1 is 1.08 bits per heavy atom. The lowest BCUT2D eigenvalue weighted by atomic mass is 10.1. The van der Waals surface area contributed by atoms with E-state index >= 15 is 0 Å². The van der Waals surface area contributed by atoms with Crippen molar-refractivity contribution in [3.63, 3.8) is 0 Å². The van der Waals surface area contributed by atoms with E-state index in [1.165, 1.54) is 62.0 Å². The Morgan fingerprint density at radius 2 is 1.78 bits per heavy atom. The largest absolute Gasteiger partial charge is 0.493 e. The molecule has 1 heterocycles. The molecule has 3 aromatic rings. The second-order valence-corrected chi connectivity index (χ2v) is 7.70. The Morgan fingerprint density at radius 3 is 2.41 bits per heavy atom. The van der Waals surface area contributed by atoms with Crippen LogP contribution >= 0.6 is 0 Å². The van der Waals surface area contributed by atoms with Gasteiger partial charge >= 0.3 is 11.7 Å². The summed E-state index contributed by atoms with van der Waals surface area (Å²) in [5.74, 6) is -1.31. The van der Waals surface area contributed by atoms with Crippen molar-refractivity contribution in [2.45, 2.75) is 27.3 Å². The molecule has 37 heavy (non-hydrogen) atoms. The van der Waals surface area contributed by atoms with Crippen molar-refractivity contribution in [1.82, 2.24) is 15.2 Å². The molecular formula is C23H22N6O8. The molecule has 1 aromatic heterocycles. The quantitative estimate of drug-likeness (QED) is 0.149. The molecule has 3 rings (SSSR count). The number of methoxy groups -OCH3 is 1. The highest BCUT2D eigenvalue weighted by Crippen LogP contribution is 2.30. The van der Waals surface area contributed by atoms with E-state index in [1.54, 1.807) is 13.0 Å². The number of carbonyl (C=O) groups is 2. The smallest absolute Gasteiger partial charge is 0.350 e. The van der Waals surface area contributed by atoms with Gasteiger partial charge in [0.2, 0.25) is 0 Å². The lowest BCUT2D eigenvalue weighted by Gasteiger charge is -2.11. The van der Waals surface area contributed by atoms with Crippen LogP contribution in [0.5, 0.6) is 11.5 Å². The van der Waals surface area contributed by atoms with Crippen LogP contribution in [0.3, 0.4) is 0 Å². The topological polar surface area (TPSA) is 181 Å². The minimum absolute atomic E-state index is 0.0253. The standard InChI is InChI=1S/C23H22N6O8/c1-13(24-25-21(30)12-27-15(3)22(29(34)35)14(2)26-27)16-9-10-19(20(11-16)36-4)37-23(31)17-7-5-6-8-18(17)28(32)33/h5-11H,12H2,1-4H3,(H,25,30)/b24-13+. The van der Waals surface area contributed by atoms with E-state index in [1.807, 2.05) is 0 Å². The fourth-order valence-corrected chi connectivity index (χ4v) is 3.43. The predicted molar refractivity (Wildman–Crippen MR) is 130 cm³/mol. The van der Waals surface area contributed by atoms with Gasteiger partial charge in [0.15, 0.2) is 11.5 Å². The summed E-state index contributed by atoms with van der Waals surface area (Å²) < 4.78 is 11.8. The number of nitrogens with zero attached hydrogens (tertiary/aromatic N) is 5. The minimum Gasteiger partial charge on any atom is -0.493 e. The first kappa shape index (κ1) is 26.5. The molecule has 0 saturated heterocycles. The lowest BCUT2D eigenvalue weighted by Crippen LogP contribution is -2.25. The second kappa shape index (κ2) is 11.1. The van der Waals surface area contributed by atoms with Gasteiger partial charge in [-0.25, -0.2) is 10.2 Å². The van der Waals surface area contributed by atoms with Gasteiger partial charge in [-0.15, -0.1) is 0 Å². The lowest BCUT2D eigenvalue weighted by molar-refractivity contribution is -0.386. The number of amides is 1. The Bertz CT molecular complexity index is 1430. The van der Waals surface area contributed by atoms with Crippen LogP contribution in [-0.2, 0) is 11.3 Å². The molecule has 14 nitrogen and oxygen atoms in total. The number of nitrogens with one attached hydrogen (secondary N) is 1. The maximum atomic E-state index is 12.5. The van der Waals surface area contributed by atoms with Crippen LogP contribution in [0.1, 0.15) is 34.2 Å². The molecule has 0 fully saturated rings. The maximum Gasteiger partial charge on any atom is 0.350 e. The third kappa shape index (κ3) is 5.93. The van der Waals surface area contributed by atoms with Crippen LogP contribution < -0.4 is 14.9 Å². The highest BCUT2D eigenvalue weighted by Gasteiger charge is 2.24. The Balaban J connectivity index is 1.73. The third-order valence-corrected chi connectivity index (χ3v) is 5.27. The summed E-state index contributed by atoms with van der Waals surface area (Å²) in [4.78, 5) is 45.9.